The Kier molecular flexibility index (Phi) is 3.24. The van der Waals surface area contributed by atoms with Crippen LogP contribution in [0.2, 0.25) is 5.15 Å². The van der Waals surface area contributed by atoms with Gasteiger partial charge in [-0.25, -0.2) is 4.98 Å². The molecule has 1 amide bonds. The van der Waals surface area contributed by atoms with E-state index in [1.165, 1.54) is 4.68 Å². The summed E-state index contributed by atoms with van der Waals surface area (Å²) >= 11 is 5.63. The van der Waals surface area contributed by atoms with Gasteiger partial charge in [-0.2, -0.15) is 0 Å². The van der Waals surface area contributed by atoms with Crippen LogP contribution in [0.25, 0.3) is 0 Å². The molecule has 7 nitrogen and oxygen atoms in total. The number of halogens is 1. The lowest BCUT2D eigenvalue weighted by molar-refractivity contribution is -0.385. The van der Waals surface area contributed by atoms with Gasteiger partial charge in [-0.3, -0.25) is 25.0 Å². The highest BCUT2D eigenvalue weighted by Gasteiger charge is 2.21. The third kappa shape index (κ3) is 2.46. The summed E-state index contributed by atoms with van der Waals surface area (Å²) in [6, 6.07) is 4.56. The molecule has 2 aromatic rings. The number of hydrogen-bond acceptors (Lipinski definition) is 4. The standard InChI is InChI=1S/C10H7ClN4O3/c11-9-5-7(8(6-12-9)15(17)18)10(16)13-14-3-1-2-4-14/h1-6H,(H,13,16). The lowest BCUT2D eigenvalue weighted by atomic mass is 10.2. The third-order valence-electron chi connectivity index (χ3n) is 2.13. The zero-order valence-corrected chi connectivity index (χ0v) is 9.66. The lowest BCUT2D eigenvalue weighted by Gasteiger charge is -2.06. The summed E-state index contributed by atoms with van der Waals surface area (Å²) in [5.74, 6) is -0.637. The number of nitrogens with one attached hydrogen (secondary N) is 1. The molecule has 2 aromatic heterocycles. The molecular weight excluding hydrogens is 260 g/mol. The largest absolute Gasteiger partial charge is 0.300 e. The Morgan fingerprint density at radius 2 is 2.11 bits per heavy atom. The smallest absolute Gasteiger partial charge is 0.268 e. The van der Waals surface area contributed by atoms with Gasteiger partial charge in [0.1, 0.15) is 16.9 Å². The molecule has 0 aliphatic rings. The van der Waals surface area contributed by atoms with Crippen LogP contribution in [0.3, 0.4) is 0 Å². The Hall–Kier alpha value is -2.41. The number of aromatic nitrogens is 2. The first-order chi connectivity index (χ1) is 8.58. The Morgan fingerprint density at radius 3 is 2.72 bits per heavy atom. The maximum absolute atomic E-state index is 11.9. The van der Waals surface area contributed by atoms with Crippen LogP contribution in [0, 0.1) is 10.1 Å². The van der Waals surface area contributed by atoms with Gasteiger partial charge < -0.3 is 0 Å². The summed E-state index contributed by atoms with van der Waals surface area (Å²) in [6.07, 6.45) is 4.13. The topological polar surface area (TPSA) is 90.1 Å². The molecule has 0 aromatic carbocycles. The van der Waals surface area contributed by atoms with E-state index < -0.39 is 16.5 Å². The molecule has 2 heterocycles. The van der Waals surface area contributed by atoms with Crippen LogP contribution < -0.4 is 5.43 Å². The van der Waals surface area contributed by atoms with Crippen molar-refractivity contribution in [2.45, 2.75) is 0 Å². The van der Waals surface area contributed by atoms with Gasteiger partial charge in [0.15, 0.2) is 0 Å². The number of carbonyl (C=O) groups excluding carboxylic acids is 1. The van der Waals surface area contributed by atoms with E-state index in [0.29, 0.717) is 0 Å². The average Bonchev–Trinajstić information content (AvgIpc) is 2.81. The number of pyridine rings is 1. The number of hydrogen-bond donors (Lipinski definition) is 1. The normalized spacial score (nSPS) is 10.1. The minimum absolute atomic E-state index is 0.0123. The van der Waals surface area contributed by atoms with E-state index in [0.717, 1.165) is 12.3 Å². The van der Waals surface area contributed by atoms with Crippen LogP contribution in [0.5, 0.6) is 0 Å². The fourth-order valence-electron chi connectivity index (χ4n) is 1.34. The van der Waals surface area contributed by atoms with E-state index in [9.17, 15) is 14.9 Å². The Morgan fingerprint density at radius 1 is 1.44 bits per heavy atom. The van der Waals surface area contributed by atoms with Gasteiger partial charge in [0.2, 0.25) is 0 Å². The van der Waals surface area contributed by atoms with Crippen molar-refractivity contribution in [2.24, 2.45) is 0 Å². The Bertz CT molecular complexity index is 597. The summed E-state index contributed by atoms with van der Waals surface area (Å²) in [4.78, 5) is 25.5. The van der Waals surface area contributed by atoms with Crippen molar-refractivity contribution >= 4 is 23.2 Å². The molecule has 0 radical (unpaired) electrons. The number of carbonyl (C=O) groups is 1. The number of rotatable bonds is 3. The van der Waals surface area contributed by atoms with E-state index in [1.807, 2.05) is 0 Å². The van der Waals surface area contributed by atoms with Gasteiger partial charge in [-0.05, 0) is 18.2 Å². The van der Waals surface area contributed by atoms with Crippen molar-refractivity contribution < 1.29 is 9.72 Å². The van der Waals surface area contributed by atoms with Gasteiger partial charge in [0.05, 0.1) is 4.92 Å². The van der Waals surface area contributed by atoms with Crippen molar-refractivity contribution in [3.63, 3.8) is 0 Å². The van der Waals surface area contributed by atoms with Gasteiger partial charge in [0, 0.05) is 12.4 Å². The molecule has 0 aliphatic carbocycles. The molecular formula is C10H7ClN4O3. The molecule has 0 unspecified atom stereocenters. The van der Waals surface area contributed by atoms with E-state index >= 15 is 0 Å². The predicted molar refractivity (Wildman–Crippen MR) is 64.0 cm³/mol. The van der Waals surface area contributed by atoms with Crippen molar-refractivity contribution in [3.05, 3.63) is 57.6 Å². The van der Waals surface area contributed by atoms with E-state index in [1.54, 1.807) is 24.5 Å². The number of nitro groups is 1. The number of nitrogens with zero attached hydrogens (tertiary/aromatic N) is 3. The maximum Gasteiger partial charge on any atom is 0.300 e. The van der Waals surface area contributed by atoms with E-state index in [-0.39, 0.29) is 10.7 Å². The molecule has 2 rings (SSSR count). The molecule has 18 heavy (non-hydrogen) atoms. The molecule has 8 heteroatoms. The van der Waals surface area contributed by atoms with E-state index in [4.69, 9.17) is 11.6 Å². The Balaban J connectivity index is 2.34. The van der Waals surface area contributed by atoms with Crippen LogP contribution in [-0.4, -0.2) is 20.5 Å². The Labute approximate surface area is 106 Å². The lowest BCUT2D eigenvalue weighted by Crippen LogP contribution is -2.22. The van der Waals surface area contributed by atoms with Gasteiger partial charge in [-0.1, -0.05) is 11.6 Å². The summed E-state index contributed by atoms with van der Waals surface area (Å²) in [5, 5.41) is 10.8. The third-order valence-corrected chi connectivity index (χ3v) is 2.33. The SMILES string of the molecule is O=C(Nn1cccc1)c1cc(Cl)ncc1[N+](=O)[O-]. The second kappa shape index (κ2) is 4.84. The second-order valence-electron chi connectivity index (χ2n) is 3.31. The highest BCUT2D eigenvalue weighted by molar-refractivity contribution is 6.30. The van der Waals surface area contributed by atoms with Crippen molar-refractivity contribution in [1.82, 2.24) is 9.66 Å². The van der Waals surface area contributed by atoms with Crippen molar-refractivity contribution in [1.29, 1.82) is 0 Å². The first-order valence-electron chi connectivity index (χ1n) is 4.82. The second-order valence-corrected chi connectivity index (χ2v) is 3.70. The molecule has 0 saturated heterocycles. The van der Waals surface area contributed by atoms with Crippen LogP contribution in [-0.2, 0) is 0 Å². The molecule has 0 spiro atoms. The molecule has 0 saturated carbocycles. The molecule has 0 aliphatic heterocycles. The first kappa shape index (κ1) is 12.1. The van der Waals surface area contributed by atoms with Gasteiger partial charge in [-0.15, -0.1) is 0 Å². The monoisotopic (exact) mass is 266 g/mol. The molecule has 0 atom stereocenters. The first-order valence-corrected chi connectivity index (χ1v) is 5.20. The van der Waals surface area contributed by atoms with Crippen LogP contribution in [0.4, 0.5) is 5.69 Å². The highest BCUT2D eigenvalue weighted by Crippen LogP contribution is 2.20. The minimum Gasteiger partial charge on any atom is -0.268 e. The summed E-state index contributed by atoms with van der Waals surface area (Å²) < 4.78 is 1.38. The van der Waals surface area contributed by atoms with Crippen molar-refractivity contribution in [3.8, 4) is 0 Å². The summed E-state index contributed by atoms with van der Waals surface area (Å²) in [6.45, 7) is 0. The highest BCUT2D eigenvalue weighted by atomic mass is 35.5. The van der Waals surface area contributed by atoms with Gasteiger partial charge in [0.25, 0.3) is 11.6 Å². The molecule has 92 valence electrons. The minimum atomic E-state index is -0.687. The van der Waals surface area contributed by atoms with Crippen molar-refractivity contribution in [2.75, 3.05) is 5.43 Å². The average molecular weight is 267 g/mol. The molecule has 0 bridgehead atoms. The summed E-state index contributed by atoms with van der Waals surface area (Å²) in [5.41, 5.74) is 1.90. The van der Waals surface area contributed by atoms with Crippen LogP contribution >= 0.6 is 11.6 Å². The molecule has 1 N–H and O–H groups in total. The zero-order chi connectivity index (χ0) is 13.1. The quantitative estimate of drug-likeness (QED) is 0.521. The van der Waals surface area contributed by atoms with Crippen LogP contribution in [0.1, 0.15) is 10.4 Å². The van der Waals surface area contributed by atoms with Gasteiger partial charge >= 0.3 is 0 Å². The maximum atomic E-state index is 11.9. The number of amides is 1. The fourth-order valence-corrected chi connectivity index (χ4v) is 1.49. The summed E-state index contributed by atoms with van der Waals surface area (Å²) in [7, 11) is 0. The predicted octanol–water partition coefficient (Wildman–Crippen LogP) is 1.83. The molecule has 0 fully saturated rings. The van der Waals surface area contributed by atoms with Crippen LogP contribution in [0.15, 0.2) is 36.8 Å². The van der Waals surface area contributed by atoms with E-state index in [2.05, 4.69) is 10.4 Å². The zero-order valence-electron chi connectivity index (χ0n) is 8.91. The fraction of sp³-hybridized carbons (Fsp3) is 0.